The van der Waals surface area contributed by atoms with E-state index in [2.05, 4.69) is 14.8 Å². The van der Waals surface area contributed by atoms with Gasteiger partial charge in [0.1, 0.15) is 5.41 Å². The molecule has 0 saturated heterocycles. The van der Waals surface area contributed by atoms with Crippen LogP contribution in [-0.2, 0) is 16.1 Å². The van der Waals surface area contributed by atoms with Crippen molar-refractivity contribution >= 4 is 11.8 Å². The number of nitrogens with zero attached hydrogens (tertiary/aromatic N) is 4. The summed E-state index contributed by atoms with van der Waals surface area (Å²) in [6.45, 7) is 2.92. The van der Waals surface area contributed by atoms with E-state index in [1.807, 2.05) is 37.3 Å². The van der Waals surface area contributed by atoms with Gasteiger partial charge in [-0.25, -0.2) is 0 Å². The highest BCUT2D eigenvalue weighted by molar-refractivity contribution is 6.07. The van der Waals surface area contributed by atoms with Crippen molar-refractivity contribution < 1.29 is 9.59 Å². The zero-order chi connectivity index (χ0) is 16.9. The number of fused-ring (bicyclic) bond motifs is 1. The van der Waals surface area contributed by atoms with Crippen LogP contribution in [0.2, 0.25) is 0 Å². The van der Waals surface area contributed by atoms with E-state index in [0.29, 0.717) is 25.9 Å². The largest absolute Gasteiger partial charge is 0.369 e. The van der Waals surface area contributed by atoms with Gasteiger partial charge in [0.2, 0.25) is 11.8 Å². The summed E-state index contributed by atoms with van der Waals surface area (Å²) in [4.78, 5) is 26.0. The van der Waals surface area contributed by atoms with Crippen molar-refractivity contribution in [2.45, 2.75) is 32.4 Å². The molecule has 4 rings (SSSR count). The Hall–Kier alpha value is -2.70. The Kier molecular flexibility index (Phi) is 3.19. The van der Waals surface area contributed by atoms with Crippen molar-refractivity contribution in [3.63, 3.8) is 0 Å². The first-order valence-electron chi connectivity index (χ1n) is 8.11. The molecule has 1 aromatic carbocycles. The molecule has 7 nitrogen and oxygen atoms in total. The van der Waals surface area contributed by atoms with Gasteiger partial charge < -0.3 is 15.2 Å². The molecule has 1 aliphatic carbocycles. The predicted octanol–water partition coefficient (Wildman–Crippen LogP) is 1.11. The van der Waals surface area contributed by atoms with Gasteiger partial charge in [-0.15, -0.1) is 10.2 Å². The second kappa shape index (κ2) is 5.15. The van der Waals surface area contributed by atoms with Crippen LogP contribution >= 0.6 is 0 Å². The van der Waals surface area contributed by atoms with Crippen molar-refractivity contribution in [1.82, 2.24) is 19.7 Å². The van der Waals surface area contributed by atoms with Crippen LogP contribution in [0, 0.1) is 5.41 Å². The van der Waals surface area contributed by atoms with Crippen molar-refractivity contribution in [2.24, 2.45) is 11.1 Å². The van der Waals surface area contributed by atoms with E-state index in [1.54, 1.807) is 4.90 Å². The topological polar surface area (TPSA) is 94.1 Å². The number of aromatic nitrogens is 3. The number of benzene rings is 1. The SMILES string of the molecule is C[C@H]1CN(C(=O)C2(C(N)=O)CC2)Cc2nnc(-c3ccccc3)n21. The summed E-state index contributed by atoms with van der Waals surface area (Å²) in [5.41, 5.74) is 5.45. The Morgan fingerprint density at radius 2 is 1.92 bits per heavy atom. The molecule has 0 spiro atoms. The van der Waals surface area contributed by atoms with E-state index < -0.39 is 11.3 Å². The first-order valence-corrected chi connectivity index (χ1v) is 8.11. The number of carbonyl (C=O) groups excluding carboxylic acids is 2. The fraction of sp³-hybridized carbons (Fsp3) is 0.412. The monoisotopic (exact) mass is 325 g/mol. The molecule has 2 aromatic rings. The first kappa shape index (κ1) is 14.9. The molecule has 0 unspecified atom stereocenters. The number of nitrogens with two attached hydrogens (primary N) is 1. The molecule has 24 heavy (non-hydrogen) atoms. The summed E-state index contributed by atoms with van der Waals surface area (Å²) < 4.78 is 2.07. The van der Waals surface area contributed by atoms with Gasteiger partial charge in [-0.1, -0.05) is 30.3 Å². The lowest BCUT2D eigenvalue weighted by Crippen LogP contribution is -2.47. The lowest BCUT2D eigenvalue weighted by atomic mass is 10.0. The highest BCUT2D eigenvalue weighted by Gasteiger charge is 2.57. The van der Waals surface area contributed by atoms with Crippen molar-refractivity contribution in [1.29, 1.82) is 0 Å². The standard InChI is InChI=1S/C17H19N5O2/c1-11-9-21(16(24)17(7-8-17)15(18)23)10-13-19-20-14(22(11)13)12-5-3-2-4-6-12/h2-6,11H,7-10H2,1H3,(H2,18,23)/t11-/m0/s1. The van der Waals surface area contributed by atoms with Crippen molar-refractivity contribution in [3.05, 3.63) is 36.2 Å². The van der Waals surface area contributed by atoms with Crippen LogP contribution < -0.4 is 5.73 Å². The minimum absolute atomic E-state index is 0.0339. The fourth-order valence-corrected chi connectivity index (χ4v) is 3.46. The first-order chi connectivity index (χ1) is 11.5. The molecule has 1 atom stereocenters. The maximum Gasteiger partial charge on any atom is 0.238 e. The highest BCUT2D eigenvalue weighted by Crippen LogP contribution is 2.47. The zero-order valence-corrected chi connectivity index (χ0v) is 13.5. The molecular weight excluding hydrogens is 306 g/mol. The predicted molar refractivity (Wildman–Crippen MR) is 86.4 cm³/mol. The summed E-state index contributed by atoms with van der Waals surface area (Å²) in [5, 5.41) is 8.57. The van der Waals surface area contributed by atoms with Gasteiger partial charge >= 0.3 is 0 Å². The van der Waals surface area contributed by atoms with Gasteiger partial charge in [0.15, 0.2) is 11.6 Å². The van der Waals surface area contributed by atoms with Crippen LogP contribution in [-0.4, -0.2) is 38.0 Å². The lowest BCUT2D eigenvalue weighted by molar-refractivity contribution is -0.144. The molecule has 2 N–H and O–H groups in total. The Bertz CT molecular complexity index is 810. The van der Waals surface area contributed by atoms with Crippen molar-refractivity contribution in [3.8, 4) is 11.4 Å². The molecule has 2 amide bonds. The van der Waals surface area contributed by atoms with Crippen LogP contribution in [0.4, 0.5) is 0 Å². The molecule has 124 valence electrons. The van der Waals surface area contributed by atoms with Crippen molar-refractivity contribution in [2.75, 3.05) is 6.54 Å². The van der Waals surface area contributed by atoms with E-state index in [9.17, 15) is 9.59 Å². The molecule has 0 bridgehead atoms. The molecule has 1 saturated carbocycles. The van der Waals surface area contributed by atoms with Gasteiger partial charge in [-0.2, -0.15) is 0 Å². The molecule has 1 fully saturated rings. The number of carbonyl (C=O) groups is 2. The minimum atomic E-state index is -0.982. The smallest absolute Gasteiger partial charge is 0.238 e. The van der Waals surface area contributed by atoms with Crippen LogP contribution in [0.5, 0.6) is 0 Å². The summed E-state index contributed by atoms with van der Waals surface area (Å²) in [5.74, 6) is 0.858. The maximum absolute atomic E-state index is 12.7. The molecule has 0 radical (unpaired) electrons. The van der Waals surface area contributed by atoms with E-state index >= 15 is 0 Å². The summed E-state index contributed by atoms with van der Waals surface area (Å²) in [7, 11) is 0. The molecule has 2 heterocycles. The number of primary amides is 1. The van der Waals surface area contributed by atoms with Gasteiger partial charge in [0.05, 0.1) is 12.6 Å². The minimum Gasteiger partial charge on any atom is -0.369 e. The second-order valence-electron chi connectivity index (χ2n) is 6.66. The second-order valence-corrected chi connectivity index (χ2v) is 6.66. The third-order valence-electron chi connectivity index (χ3n) is 4.97. The van der Waals surface area contributed by atoms with Gasteiger partial charge in [0, 0.05) is 12.1 Å². The Morgan fingerprint density at radius 1 is 1.21 bits per heavy atom. The molecular formula is C17H19N5O2. The molecule has 2 aliphatic rings. The van der Waals surface area contributed by atoms with Crippen LogP contribution in [0.15, 0.2) is 30.3 Å². The van der Waals surface area contributed by atoms with E-state index in [-0.39, 0.29) is 11.9 Å². The number of hydrogen-bond donors (Lipinski definition) is 1. The average molecular weight is 325 g/mol. The van der Waals surface area contributed by atoms with Gasteiger partial charge in [0.25, 0.3) is 0 Å². The summed E-state index contributed by atoms with van der Waals surface area (Å²) in [6.07, 6.45) is 1.10. The van der Waals surface area contributed by atoms with Gasteiger partial charge in [-0.3, -0.25) is 9.59 Å². The number of rotatable bonds is 3. The Labute approximate surface area is 139 Å². The molecule has 1 aromatic heterocycles. The number of hydrogen-bond acceptors (Lipinski definition) is 4. The van der Waals surface area contributed by atoms with Gasteiger partial charge in [-0.05, 0) is 19.8 Å². The van der Waals surface area contributed by atoms with E-state index in [1.165, 1.54) is 0 Å². The summed E-state index contributed by atoms with van der Waals surface area (Å²) in [6, 6.07) is 9.90. The van der Waals surface area contributed by atoms with Crippen LogP contribution in [0.1, 0.15) is 31.6 Å². The third-order valence-corrected chi connectivity index (χ3v) is 4.97. The Morgan fingerprint density at radius 3 is 2.54 bits per heavy atom. The number of amides is 2. The maximum atomic E-state index is 12.7. The van der Waals surface area contributed by atoms with E-state index in [0.717, 1.165) is 17.2 Å². The fourth-order valence-electron chi connectivity index (χ4n) is 3.46. The lowest BCUT2D eigenvalue weighted by Gasteiger charge is -2.34. The Balaban J connectivity index is 1.64. The van der Waals surface area contributed by atoms with Crippen LogP contribution in [0.3, 0.4) is 0 Å². The molecule has 1 aliphatic heterocycles. The van der Waals surface area contributed by atoms with E-state index in [4.69, 9.17) is 5.73 Å². The quantitative estimate of drug-likeness (QED) is 0.855. The normalized spacial score (nSPS) is 21.2. The summed E-state index contributed by atoms with van der Waals surface area (Å²) >= 11 is 0. The van der Waals surface area contributed by atoms with Crippen LogP contribution in [0.25, 0.3) is 11.4 Å². The molecule has 7 heteroatoms. The third kappa shape index (κ3) is 2.11. The average Bonchev–Trinajstić information content (AvgIpc) is 3.29. The highest BCUT2D eigenvalue weighted by atomic mass is 16.2. The zero-order valence-electron chi connectivity index (χ0n) is 13.5.